The van der Waals surface area contributed by atoms with E-state index in [0.717, 1.165) is 12.1 Å². The van der Waals surface area contributed by atoms with E-state index < -0.39 is 35.1 Å². The van der Waals surface area contributed by atoms with Gasteiger partial charge in [0.25, 0.3) is 5.91 Å². The molecule has 0 aromatic heterocycles. The molecular formula is C34H29BrF4N6O4. The van der Waals surface area contributed by atoms with Gasteiger partial charge in [-0.1, -0.05) is 63.5 Å². The molecule has 3 N–H and O–H groups in total. The number of carbonyl (C=O) groups excluding carboxylic acids is 1. The standard InChI is InChI=1S/C34H29BrF4N6O4/c35-28-8-3-1-6-23(28)19-33(32(47)44-41-20-21-16-24(34(37,38)39)18-25(36)17-21)30(27-7-2-4-9-29(27)43-45-40)49-31(42-33)22-10-12-26(13-11-22)48-15-5-14-46/h1-4,6-13,16-18,30,41,46H,5,14-15,19-20H2,(H,44,47)/t30-,33-/m0/s1. The number of aliphatic hydroxyl groups is 1. The zero-order chi connectivity index (χ0) is 35.0. The topological polar surface area (TPSA) is 141 Å². The van der Waals surface area contributed by atoms with Crippen LogP contribution in [0.5, 0.6) is 5.75 Å². The molecule has 4 aromatic carbocycles. The molecule has 49 heavy (non-hydrogen) atoms. The van der Waals surface area contributed by atoms with E-state index in [2.05, 4.69) is 36.8 Å². The van der Waals surface area contributed by atoms with Crippen molar-refractivity contribution in [1.82, 2.24) is 10.9 Å². The largest absolute Gasteiger partial charge is 0.494 e. The predicted molar refractivity (Wildman–Crippen MR) is 176 cm³/mol. The number of hydrogen-bond donors (Lipinski definition) is 3. The van der Waals surface area contributed by atoms with Crippen LogP contribution >= 0.6 is 15.9 Å². The van der Waals surface area contributed by atoms with Crippen molar-refractivity contribution in [3.8, 4) is 5.75 Å². The molecule has 0 saturated heterocycles. The molecule has 0 bridgehead atoms. The second-order valence-corrected chi connectivity index (χ2v) is 11.8. The smallest absolute Gasteiger partial charge is 0.416 e. The van der Waals surface area contributed by atoms with E-state index in [9.17, 15) is 27.9 Å². The van der Waals surface area contributed by atoms with Gasteiger partial charge in [0, 0.05) is 52.2 Å². The fraction of sp³-hybridized carbons (Fsp3) is 0.235. The molecular weight excluding hydrogens is 712 g/mol. The van der Waals surface area contributed by atoms with E-state index in [1.807, 2.05) is 0 Å². The van der Waals surface area contributed by atoms with E-state index in [4.69, 9.17) is 19.6 Å². The fourth-order valence-electron chi connectivity index (χ4n) is 5.29. The third kappa shape index (κ3) is 8.38. The van der Waals surface area contributed by atoms with Gasteiger partial charge in [-0.15, -0.1) is 0 Å². The van der Waals surface area contributed by atoms with Crippen molar-refractivity contribution in [2.75, 3.05) is 13.2 Å². The number of hydrazine groups is 1. The van der Waals surface area contributed by atoms with Crippen LogP contribution in [0.4, 0.5) is 23.2 Å². The quantitative estimate of drug-likeness (QED) is 0.0323. The molecule has 10 nitrogen and oxygen atoms in total. The number of aliphatic imine (C=N–C) groups is 1. The molecule has 0 saturated carbocycles. The first-order valence-electron chi connectivity index (χ1n) is 14.9. The van der Waals surface area contributed by atoms with Gasteiger partial charge in [-0.25, -0.2) is 14.8 Å². The average Bonchev–Trinajstić information content (AvgIpc) is 3.46. The maximum atomic E-state index is 14.4. The molecule has 1 amide bonds. The molecule has 1 aliphatic rings. The maximum absolute atomic E-state index is 14.4. The Morgan fingerprint density at radius 2 is 1.82 bits per heavy atom. The molecule has 5 rings (SSSR count). The predicted octanol–water partition coefficient (Wildman–Crippen LogP) is 7.63. The molecule has 4 aromatic rings. The highest BCUT2D eigenvalue weighted by atomic mass is 79.9. The molecule has 0 spiro atoms. The first-order chi connectivity index (χ1) is 23.5. The summed E-state index contributed by atoms with van der Waals surface area (Å²) >= 11 is 3.54. The second kappa shape index (κ2) is 15.5. The first-order valence-corrected chi connectivity index (χ1v) is 15.7. The third-order valence-corrected chi connectivity index (χ3v) is 8.37. The van der Waals surface area contributed by atoms with Crippen LogP contribution in [-0.4, -0.2) is 35.7 Å². The van der Waals surface area contributed by atoms with Crippen LogP contribution in [0.15, 0.2) is 106 Å². The number of benzene rings is 4. The van der Waals surface area contributed by atoms with E-state index in [1.165, 1.54) is 0 Å². The van der Waals surface area contributed by atoms with E-state index in [1.54, 1.807) is 72.8 Å². The van der Waals surface area contributed by atoms with Crippen molar-refractivity contribution in [3.63, 3.8) is 0 Å². The van der Waals surface area contributed by atoms with Crippen LogP contribution in [-0.2, 0) is 28.7 Å². The van der Waals surface area contributed by atoms with Crippen molar-refractivity contribution in [2.45, 2.75) is 37.2 Å². The summed E-state index contributed by atoms with van der Waals surface area (Å²) in [6.07, 6.45) is -5.52. The number of ether oxygens (including phenoxy) is 2. The van der Waals surface area contributed by atoms with Gasteiger partial charge < -0.3 is 14.6 Å². The minimum atomic E-state index is -4.77. The highest BCUT2D eigenvalue weighted by Crippen LogP contribution is 2.46. The van der Waals surface area contributed by atoms with Crippen LogP contribution in [0.3, 0.4) is 0 Å². The maximum Gasteiger partial charge on any atom is 0.416 e. The number of carbonyl (C=O) groups is 1. The first kappa shape index (κ1) is 35.4. The summed E-state index contributed by atoms with van der Waals surface area (Å²) in [5, 5.41) is 12.9. The normalized spacial score (nSPS) is 17.1. The summed E-state index contributed by atoms with van der Waals surface area (Å²) in [5.41, 5.74) is 13.2. The van der Waals surface area contributed by atoms with E-state index in [-0.39, 0.29) is 36.7 Å². The SMILES string of the molecule is [N-]=[N+]=Nc1ccccc1[C@@H]1OC(c2ccc(OCCCO)cc2)=N[C@]1(Cc1ccccc1Br)C(=O)NNCc1cc(F)cc(C(F)(F)F)c1. The van der Waals surface area contributed by atoms with Gasteiger partial charge in [-0.05, 0) is 65.2 Å². The van der Waals surface area contributed by atoms with E-state index in [0.29, 0.717) is 46.0 Å². The number of rotatable bonds is 13. The van der Waals surface area contributed by atoms with Crippen molar-refractivity contribution >= 4 is 33.4 Å². The van der Waals surface area contributed by atoms with Crippen LogP contribution < -0.4 is 15.6 Å². The minimum absolute atomic E-state index is 0.0190. The van der Waals surface area contributed by atoms with Crippen molar-refractivity contribution < 1.29 is 36.9 Å². The van der Waals surface area contributed by atoms with Crippen molar-refractivity contribution in [3.05, 3.63) is 140 Å². The van der Waals surface area contributed by atoms with Gasteiger partial charge >= 0.3 is 6.18 Å². The molecule has 15 heteroatoms. The van der Waals surface area contributed by atoms with Gasteiger partial charge in [-0.3, -0.25) is 10.2 Å². The lowest BCUT2D eigenvalue weighted by Gasteiger charge is -2.31. The number of azide groups is 1. The molecule has 254 valence electrons. The fourth-order valence-corrected chi connectivity index (χ4v) is 5.72. The summed E-state index contributed by atoms with van der Waals surface area (Å²) in [6, 6.07) is 22.6. The van der Waals surface area contributed by atoms with Gasteiger partial charge in [0.1, 0.15) is 11.6 Å². The molecule has 2 atom stereocenters. The van der Waals surface area contributed by atoms with Crippen LogP contribution in [0, 0.1) is 5.82 Å². The number of nitrogens with zero attached hydrogens (tertiary/aromatic N) is 4. The molecule has 0 radical (unpaired) electrons. The molecule has 0 fully saturated rings. The van der Waals surface area contributed by atoms with Crippen LogP contribution in [0.1, 0.15) is 40.3 Å². The van der Waals surface area contributed by atoms with Gasteiger partial charge in [0.05, 0.1) is 12.2 Å². The Labute approximate surface area is 286 Å². The highest BCUT2D eigenvalue weighted by molar-refractivity contribution is 9.10. The Bertz CT molecular complexity index is 1890. The number of nitrogens with one attached hydrogen (secondary N) is 2. The molecule has 1 aliphatic heterocycles. The van der Waals surface area contributed by atoms with Gasteiger partial charge in [-0.2, -0.15) is 13.2 Å². The van der Waals surface area contributed by atoms with Crippen molar-refractivity contribution in [1.29, 1.82) is 0 Å². The monoisotopic (exact) mass is 740 g/mol. The van der Waals surface area contributed by atoms with E-state index >= 15 is 0 Å². The lowest BCUT2D eigenvalue weighted by Crippen LogP contribution is -2.53. The second-order valence-electron chi connectivity index (χ2n) is 11.0. The Kier molecular flexibility index (Phi) is 11.2. The summed E-state index contributed by atoms with van der Waals surface area (Å²) < 4.78 is 66.8. The summed E-state index contributed by atoms with van der Waals surface area (Å²) in [4.78, 5) is 22.2. The Morgan fingerprint density at radius 1 is 1.08 bits per heavy atom. The Morgan fingerprint density at radius 3 is 2.53 bits per heavy atom. The van der Waals surface area contributed by atoms with Crippen molar-refractivity contribution in [2.24, 2.45) is 10.1 Å². The zero-order valence-electron chi connectivity index (χ0n) is 25.6. The van der Waals surface area contributed by atoms with Crippen LogP contribution in [0.2, 0.25) is 0 Å². The summed E-state index contributed by atoms with van der Waals surface area (Å²) in [6.45, 7) is -0.0669. The zero-order valence-corrected chi connectivity index (χ0v) is 27.2. The average molecular weight is 742 g/mol. The third-order valence-electron chi connectivity index (χ3n) is 7.60. The number of halogens is 5. The lowest BCUT2D eigenvalue weighted by molar-refractivity contribution is -0.138. The van der Waals surface area contributed by atoms with Gasteiger partial charge in [0.2, 0.25) is 5.90 Å². The Balaban J connectivity index is 1.56. The summed E-state index contributed by atoms with van der Waals surface area (Å²) in [5.74, 6) is -1.19. The highest BCUT2D eigenvalue weighted by Gasteiger charge is 2.54. The van der Waals surface area contributed by atoms with Gasteiger partial charge in [0.15, 0.2) is 11.6 Å². The lowest BCUT2D eigenvalue weighted by atomic mass is 9.81. The number of alkyl halides is 3. The minimum Gasteiger partial charge on any atom is -0.494 e. The number of hydrogen-bond acceptors (Lipinski definition) is 7. The Hall–Kier alpha value is -4.95. The molecule has 0 unspecified atom stereocenters. The molecule has 0 aliphatic carbocycles. The summed E-state index contributed by atoms with van der Waals surface area (Å²) in [7, 11) is 0. The van der Waals surface area contributed by atoms with Crippen LogP contribution in [0.25, 0.3) is 10.4 Å². The number of aliphatic hydroxyl groups excluding tert-OH is 1. The molecule has 1 heterocycles. The number of amides is 1.